The van der Waals surface area contributed by atoms with Crippen LogP contribution in [0.25, 0.3) is 11.0 Å². The summed E-state index contributed by atoms with van der Waals surface area (Å²) in [7, 11) is 0. The third-order valence-electron chi connectivity index (χ3n) is 5.88. The fourth-order valence-corrected chi connectivity index (χ4v) is 4.15. The number of rotatable bonds is 6. The van der Waals surface area contributed by atoms with Gasteiger partial charge in [0.05, 0.1) is 30.3 Å². The first-order chi connectivity index (χ1) is 15.5. The summed E-state index contributed by atoms with van der Waals surface area (Å²) in [6.45, 7) is 7.23. The molecule has 0 aliphatic carbocycles. The predicted octanol–water partition coefficient (Wildman–Crippen LogP) is 2.67. The summed E-state index contributed by atoms with van der Waals surface area (Å²) >= 11 is 0. The van der Waals surface area contributed by atoms with E-state index in [1.165, 1.54) is 12.1 Å². The van der Waals surface area contributed by atoms with Gasteiger partial charge in [0.25, 0.3) is 11.5 Å². The summed E-state index contributed by atoms with van der Waals surface area (Å²) in [5.74, 6) is -0.510. The molecule has 1 N–H and O–H groups in total. The van der Waals surface area contributed by atoms with Crippen LogP contribution in [0.3, 0.4) is 0 Å². The van der Waals surface area contributed by atoms with Crippen LogP contribution in [-0.2, 0) is 11.3 Å². The van der Waals surface area contributed by atoms with Crippen molar-refractivity contribution in [2.24, 2.45) is 0 Å². The summed E-state index contributed by atoms with van der Waals surface area (Å²) in [5.41, 5.74) is 3.02. The van der Waals surface area contributed by atoms with E-state index in [4.69, 9.17) is 4.74 Å². The molecule has 0 saturated carbocycles. The molecular formula is C24H27FN4O3. The molecule has 1 atom stereocenters. The minimum absolute atomic E-state index is 0.0884. The topological polar surface area (TPSA) is 76.5 Å². The van der Waals surface area contributed by atoms with Gasteiger partial charge in [0.15, 0.2) is 0 Å². The number of amides is 1. The molecule has 1 fully saturated rings. The minimum atomic E-state index is -0.289. The number of morpholine rings is 1. The lowest BCUT2D eigenvalue weighted by Gasteiger charge is -2.35. The summed E-state index contributed by atoms with van der Waals surface area (Å²) in [4.78, 5) is 31.9. The van der Waals surface area contributed by atoms with Crippen molar-refractivity contribution in [2.45, 2.75) is 26.4 Å². The molecule has 2 heterocycles. The monoisotopic (exact) mass is 438 g/mol. The molecule has 168 valence electrons. The number of benzene rings is 2. The van der Waals surface area contributed by atoms with Crippen LogP contribution in [-0.4, -0.2) is 53.2 Å². The lowest BCUT2D eigenvalue weighted by molar-refractivity contribution is 0.0162. The average molecular weight is 439 g/mol. The van der Waals surface area contributed by atoms with Crippen molar-refractivity contribution in [1.82, 2.24) is 19.8 Å². The Morgan fingerprint density at radius 2 is 1.91 bits per heavy atom. The first kappa shape index (κ1) is 22.1. The number of nitrogens with one attached hydrogen (secondary N) is 1. The van der Waals surface area contributed by atoms with E-state index in [0.29, 0.717) is 48.6 Å². The van der Waals surface area contributed by atoms with Crippen molar-refractivity contribution in [1.29, 1.82) is 0 Å². The SMILES string of the molecule is CCn1c(=O)c(C)nc2cc(C(=O)NCC(c3ccc(F)cc3)N3CCOCC3)ccc21. The average Bonchev–Trinajstić information content (AvgIpc) is 2.81. The smallest absolute Gasteiger partial charge is 0.272 e. The molecule has 0 radical (unpaired) electrons. The lowest BCUT2D eigenvalue weighted by Crippen LogP contribution is -2.43. The van der Waals surface area contributed by atoms with Gasteiger partial charge in [0.2, 0.25) is 0 Å². The summed E-state index contributed by atoms with van der Waals surface area (Å²) < 4.78 is 20.5. The Labute approximate surface area is 185 Å². The van der Waals surface area contributed by atoms with Gasteiger partial charge in [-0.3, -0.25) is 14.5 Å². The minimum Gasteiger partial charge on any atom is -0.379 e. The molecule has 3 aromatic rings. The number of carbonyl (C=O) groups excluding carboxylic acids is 1. The maximum absolute atomic E-state index is 13.4. The van der Waals surface area contributed by atoms with Gasteiger partial charge in [-0.1, -0.05) is 12.1 Å². The molecule has 4 rings (SSSR count). The Bertz CT molecular complexity index is 1170. The van der Waals surface area contributed by atoms with E-state index < -0.39 is 0 Å². The number of hydrogen-bond acceptors (Lipinski definition) is 5. The second kappa shape index (κ2) is 9.58. The van der Waals surface area contributed by atoms with E-state index in [1.54, 1.807) is 41.8 Å². The maximum Gasteiger partial charge on any atom is 0.272 e. The Balaban J connectivity index is 1.56. The molecule has 1 aliphatic heterocycles. The van der Waals surface area contributed by atoms with Crippen LogP contribution in [0, 0.1) is 12.7 Å². The maximum atomic E-state index is 13.4. The van der Waals surface area contributed by atoms with Crippen molar-refractivity contribution < 1.29 is 13.9 Å². The summed E-state index contributed by atoms with van der Waals surface area (Å²) in [6, 6.07) is 11.5. The fraction of sp³-hybridized carbons (Fsp3) is 0.375. The molecule has 2 aromatic carbocycles. The highest BCUT2D eigenvalue weighted by Gasteiger charge is 2.23. The molecule has 1 saturated heterocycles. The van der Waals surface area contributed by atoms with E-state index in [9.17, 15) is 14.0 Å². The van der Waals surface area contributed by atoms with Gasteiger partial charge in [-0.15, -0.1) is 0 Å². The molecule has 8 heteroatoms. The molecule has 32 heavy (non-hydrogen) atoms. The van der Waals surface area contributed by atoms with E-state index in [1.807, 2.05) is 6.92 Å². The first-order valence-electron chi connectivity index (χ1n) is 10.8. The Kier molecular flexibility index (Phi) is 6.62. The number of aromatic nitrogens is 2. The van der Waals surface area contributed by atoms with E-state index in [-0.39, 0.29) is 23.3 Å². The van der Waals surface area contributed by atoms with E-state index >= 15 is 0 Å². The number of halogens is 1. The van der Waals surface area contributed by atoms with Crippen LogP contribution in [0.4, 0.5) is 4.39 Å². The van der Waals surface area contributed by atoms with Gasteiger partial charge < -0.3 is 14.6 Å². The van der Waals surface area contributed by atoms with Crippen molar-refractivity contribution in [3.8, 4) is 0 Å². The number of hydrogen-bond donors (Lipinski definition) is 1. The molecule has 0 spiro atoms. The summed E-state index contributed by atoms with van der Waals surface area (Å²) in [5, 5.41) is 3.02. The number of carbonyl (C=O) groups is 1. The molecule has 1 aliphatic rings. The fourth-order valence-electron chi connectivity index (χ4n) is 4.15. The second-order valence-corrected chi connectivity index (χ2v) is 7.88. The van der Waals surface area contributed by atoms with Gasteiger partial charge in [-0.05, 0) is 49.7 Å². The highest BCUT2D eigenvalue weighted by Crippen LogP contribution is 2.22. The van der Waals surface area contributed by atoms with Crippen LogP contribution in [0.2, 0.25) is 0 Å². The van der Waals surface area contributed by atoms with E-state index in [0.717, 1.165) is 18.7 Å². The molecule has 1 amide bonds. The van der Waals surface area contributed by atoms with E-state index in [2.05, 4.69) is 15.2 Å². The number of fused-ring (bicyclic) bond motifs is 1. The zero-order chi connectivity index (χ0) is 22.7. The summed E-state index contributed by atoms with van der Waals surface area (Å²) in [6.07, 6.45) is 0. The zero-order valence-corrected chi connectivity index (χ0v) is 18.3. The number of ether oxygens (including phenoxy) is 1. The van der Waals surface area contributed by atoms with Crippen LogP contribution >= 0.6 is 0 Å². The van der Waals surface area contributed by atoms with Gasteiger partial charge in [-0.25, -0.2) is 9.37 Å². The quantitative estimate of drug-likeness (QED) is 0.640. The Hall–Kier alpha value is -3.10. The Morgan fingerprint density at radius 3 is 2.59 bits per heavy atom. The van der Waals surface area contributed by atoms with Crippen LogP contribution < -0.4 is 10.9 Å². The van der Waals surface area contributed by atoms with Gasteiger partial charge in [-0.2, -0.15) is 0 Å². The highest BCUT2D eigenvalue weighted by molar-refractivity contribution is 5.97. The highest BCUT2D eigenvalue weighted by atomic mass is 19.1. The molecule has 1 aromatic heterocycles. The van der Waals surface area contributed by atoms with Crippen LogP contribution in [0.1, 0.15) is 34.6 Å². The lowest BCUT2D eigenvalue weighted by atomic mass is 10.0. The first-order valence-corrected chi connectivity index (χ1v) is 10.8. The molecule has 1 unspecified atom stereocenters. The number of aryl methyl sites for hydroxylation is 2. The third-order valence-corrected chi connectivity index (χ3v) is 5.88. The van der Waals surface area contributed by atoms with Crippen LogP contribution in [0.5, 0.6) is 0 Å². The van der Waals surface area contributed by atoms with Gasteiger partial charge in [0.1, 0.15) is 11.5 Å². The molecular weight excluding hydrogens is 411 g/mol. The van der Waals surface area contributed by atoms with Crippen LogP contribution in [0.15, 0.2) is 47.3 Å². The van der Waals surface area contributed by atoms with Gasteiger partial charge in [0, 0.05) is 31.7 Å². The standard InChI is InChI=1S/C24H27FN4O3/c1-3-29-21-9-6-18(14-20(21)27-16(2)24(29)31)23(30)26-15-22(28-10-12-32-13-11-28)17-4-7-19(25)8-5-17/h4-9,14,22H,3,10-13,15H2,1-2H3,(H,26,30). The molecule has 0 bridgehead atoms. The normalized spacial score (nSPS) is 15.6. The van der Waals surface area contributed by atoms with Gasteiger partial charge >= 0.3 is 0 Å². The second-order valence-electron chi connectivity index (χ2n) is 7.88. The zero-order valence-electron chi connectivity index (χ0n) is 18.3. The Morgan fingerprint density at radius 1 is 1.19 bits per heavy atom. The predicted molar refractivity (Wildman–Crippen MR) is 120 cm³/mol. The molecule has 7 nitrogen and oxygen atoms in total. The van der Waals surface area contributed by atoms with Crippen molar-refractivity contribution in [2.75, 3.05) is 32.8 Å². The third kappa shape index (κ3) is 4.56. The number of nitrogens with zero attached hydrogens (tertiary/aromatic N) is 3. The van der Waals surface area contributed by atoms with Crippen molar-refractivity contribution in [3.05, 3.63) is 75.5 Å². The van der Waals surface area contributed by atoms with Crippen molar-refractivity contribution in [3.63, 3.8) is 0 Å². The largest absolute Gasteiger partial charge is 0.379 e. The van der Waals surface area contributed by atoms with Crippen molar-refractivity contribution >= 4 is 16.9 Å².